The molecule has 1 aromatic carbocycles. The quantitative estimate of drug-likeness (QED) is 0.858. The second-order valence-electron chi connectivity index (χ2n) is 4.69. The topological polar surface area (TPSA) is 56.6 Å². The standard InChI is InChI=1S/C15H15BrN2O/c1-10(19)5-11-6-12-8-14(3-2-4-16)18-15(12)13(7-11)9-17/h6-8,18H,2-5H2,1H3. The number of ketones is 1. The maximum absolute atomic E-state index is 11.2. The lowest BCUT2D eigenvalue weighted by Crippen LogP contribution is -1.96. The van der Waals surface area contributed by atoms with Crippen molar-refractivity contribution in [3.8, 4) is 6.07 Å². The highest BCUT2D eigenvalue weighted by molar-refractivity contribution is 9.09. The number of benzene rings is 1. The van der Waals surface area contributed by atoms with Gasteiger partial charge in [-0.15, -0.1) is 0 Å². The summed E-state index contributed by atoms with van der Waals surface area (Å²) < 4.78 is 0. The van der Waals surface area contributed by atoms with E-state index < -0.39 is 0 Å². The zero-order valence-corrected chi connectivity index (χ0v) is 12.4. The first-order chi connectivity index (χ1) is 9.13. The number of alkyl halides is 1. The lowest BCUT2D eigenvalue weighted by atomic mass is 10.0. The Morgan fingerprint density at radius 2 is 2.21 bits per heavy atom. The molecular formula is C15H15BrN2O. The van der Waals surface area contributed by atoms with Crippen LogP contribution in [0.25, 0.3) is 10.9 Å². The summed E-state index contributed by atoms with van der Waals surface area (Å²) in [5, 5.41) is 11.2. The molecule has 0 saturated carbocycles. The zero-order chi connectivity index (χ0) is 13.8. The van der Waals surface area contributed by atoms with Gasteiger partial charge in [0.05, 0.1) is 11.1 Å². The Hall–Kier alpha value is -1.60. The SMILES string of the molecule is CC(=O)Cc1cc(C#N)c2[nH]c(CCCBr)cc2c1. The summed E-state index contributed by atoms with van der Waals surface area (Å²) in [5.41, 5.74) is 3.52. The summed E-state index contributed by atoms with van der Waals surface area (Å²) in [5.74, 6) is 0.110. The van der Waals surface area contributed by atoms with Crippen LogP contribution in [0.5, 0.6) is 0 Å². The smallest absolute Gasteiger partial charge is 0.134 e. The fourth-order valence-electron chi connectivity index (χ4n) is 2.23. The monoisotopic (exact) mass is 318 g/mol. The Bertz CT molecular complexity index is 652. The number of halogens is 1. The van der Waals surface area contributed by atoms with Gasteiger partial charge < -0.3 is 4.98 Å². The maximum atomic E-state index is 11.2. The largest absolute Gasteiger partial charge is 0.357 e. The van der Waals surface area contributed by atoms with Gasteiger partial charge >= 0.3 is 0 Å². The number of hydrogen-bond acceptors (Lipinski definition) is 2. The zero-order valence-electron chi connectivity index (χ0n) is 10.8. The van der Waals surface area contributed by atoms with Crippen LogP contribution < -0.4 is 0 Å². The van der Waals surface area contributed by atoms with E-state index in [1.165, 1.54) is 0 Å². The van der Waals surface area contributed by atoms with Crippen LogP contribution in [-0.4, -0.2) is 16.1 Å². The molecule has 0 bridgehead atoms. The third-order valence-corrected chi connectivity index (χ3v) is 3.56. The highest BCUT2D eigenvalue weighted by Gasteiger charge is 2.09. The molecule has 0 radical (unpaired) electrons. The number of nitrogens with zero attached hydrogens (tertiary/aromatic N) is 1. The van der Waals surface area contributed by atoms with Crippen molar-refractivity contribution in [3.05, 3.63) is 35.0 Å². The molecule has 0 unspecified atom stereocenters. The number of carbonyl (C=O) groups is 1. The van der Waals surface area contributed by atoms with E-state index in [0.29, 0.717) is 12.0 Å². The van der Waals surface area contributed by atoms with Crippen molar-refractivity contribution >= 4 is 32.6 Å². The lowest BCUT2D eigenvalue weighted by Gasteiger charge is -2.00. The van der Waals surface area contributed by atoms with Gasteiger partial charge in [-0.25, -0.2) is 0 Å². The molecule has 98 valence electrons. The molecule has 0 saturated heterocycles. The van der Waals surface area contributed by atoms with E-state index in [1.54, 1.807) is 13.0 Å². The molecule has 3 nitrogen and oxygen atoms in total. The summed E-state index contributed by atoms with van der Waals surface area (Å²) in [6.45, 7) is 1.56. The number of nitriles is 1. The third-order valence-electron chi connectivity index (χ3n) is 3.00. The summed E-state index contributed by atoms with van der Waals surface area (Å²) >= 11 is 3.41. The second-order valence-corrected chi connectivity index (χ2v) is 5.48. The normalized spacial score (nSPS) is 10.6. The molecule has 0 atom stereocenters. The van der Waals surface area contributed by atoms with Gasteiger partial charge in [0.25, 0.3) is 0 Å². The van der Waals surface area contributed by atoms with E-state index in [1.807, 2.05) is 6.07 Å². The minimum absolute atomic E-state index is 0.110. The molecule has 0 amide bonds. The first kappa shape index (κ1) is 13.8. The molecule has 0 spiro atoms. The summed E-state index contributed by atoms with van der Waals surface area (Å²) in [6.07, 6.45) is 2.38. The molecule has 2 aromatic rings. The van der Waals surface area contributed by atoms with E-state index in [0.717, 1.165) is 40.3 Å². The van der Waals surface area contributed by atoms with Gasteiger partial charge in [0.15, 0.2) is 0 Å². The predicted octanol–water partition coefficient (Wildman–Crippen LogP) is 3.50. The molecule has 0 aliphatic carbocycles. The Labute approximate surface area is 120 Å². The van der Waals surface area contributed by atoms with Crippen molar-refractivity contribution in [2.75, 3.05) is 5.33 Å². The van der Waals surface area contributed by atoms with Gasteiger partial charge in [-0.3, -0.25) is 4.79 Å². The number of aromatic nitrogens is 1. The van der Waals surface area contributed by atoms with Crippen LogP contribution >= 0.6 is 15.9 Å². The maximum Gasteiger partial charge on any atom is 0.134 e. The summed E-state index contributed by atoms with van der Waals surface area (Å²) in [4.78, 5) is 14.5. The minimum Gasteiger partial charge on any atom is -0.357 e. The van der Waals surface area contributed by atoms with Crippen molar-refractivity contribution in [2.24, 2.45) is 0 Å². The van der Waals surface area contributed by atoms with Crippen molar-refractivity contribution in [1.82, 2.24) is 4.98 Å². The second kappa shape index (κ2) is 6.03. The lowest BCUT2D eigenvalue weighted by molar-refractivity contribution is -0.116. The molecule has 19 heavy (non-hydrogen) atoms. The number of Topliss-reactive ketones (excluding diaryl/α,β-unsaturated/α-hetero) is 1. The molecule has 0 aliphatic rings. The summed E-state index contributed by atoms with van der Waals surface area (Å²) in [7, 11) is 0. The van der Waals surface area contributed by atoms with E-state index >= 15 is 0 Å². The first-order valence-electron chi connectivity index (χ1n) is 6.24. The van der Waals surface area contributed by atoms with Gasteiger partial charge in [-0.05, 0) is 43.5 Å². The first-order valence-corrected chi connectivity index (χ1v) is 7.36. The summed E-state index contributed by atoms with van der Waals surface area (Å²) in [6, 6.07) is 8.06. The van der Waals surface area contributed by atoms with Crippen LogP contribution in [-0.2, 0) is 17.6 Å². The van der Waals surface area contributed by atoms with Gasteiger partial charge in [0.2, 0.25) is 0 Å². The van der Waals surface area contributed by atoms with Gasteiger partial charge in [0, 0.05) is 22.8 Å². The molecule has 1 aromatic heterocycles. The molecular weight excluding hydrogens is 304 g/mol. The Morgan fingerprint density at radius 3 is 2.84 bits per heavy atom. The third kappa shape index (κ3) is 3.24. The number of H-pyrrole nitrogens is 1. The fraction of sp³-hybridized carbons (Fsp3) is 0.333. The van der Waals surface area contributed by atoms with Crippen LogP contribution in [0, 0.1) is 11.3 Å². The number of carbonyl (C=O) groups excluding carboxylic acids is 1. The number of aryl methyl sites for hydroxylation is 1. The van der Waals surface area contributed by atoms with E-state index in [9.17, 15) is 10.1 Å². The van der Waals surface area contributed by atoms with Gasteiger partial charge in [0.1, 0.15) is 11.9 Å². The van der Waals surface area contributed by atoms with Crippen molar-refractivity contribution in [2.45, 2.75) is 26.2 Å². The molecule has 4 heteroatoms. The number of aromatic amines is 1. The number of fused-ring (bicyclic) bond motifs is 1. The van der Waals surface area contributed by atoms with Gasteiger partial charge in [-0.2, -0.15) is 5.26 Å². The van der Waals surface area contributed by atoms with E-state index in [-0.39, 0.29) is 5.78 Å². The highest BCUT2D eigenvalue weighted by atomic mass is 79.9. The molecule has 2 rings (SSSR count). The van der Waals surface area contributed by atoms with Crippen molar-refractivity contribution < 1.29 is 4.79 Å². The van der Waals surface area contributed by atoms with Crippen LogP contribution in [0.3, 0.4) is 0 Å². The molecule has 0 aliphatic heterocycles. The Kier molecular flexibility index (Phi) is 4.39. The van der Waals surface area contributed by atoms with Crippen LogP contribution in [0.4, 0.5) is 0 Å². The molecule has 1 N–H and O–H groups in total. The van der Waals surface area contributed by atoms with Gasteiger partial charge in [-0.1, -0.05) is 15.9 Å². The highest BCUT2D eigenvalue weighted by Crippen LogP contribution is 2.23. The minimum atomic E-state index is 0.110. The van der Waals surface area contributed by atoms with E-state index in [2.05, 4.69) is 33.0 Å². The number of nitrogens with one attached hydrogen (secondary N) is 1. The number of hydrogen-bond donors (Lipinski definition) is 1. The van der Waals surface area contributed by atoms with Crippen molar-refractivity contribution in [1.29, 1.82) is 5.26 Å². The predicted molar refractivity (Wildman–Crippen MR) is 79.5 cm³/mol. The average Bonchev–Trinajstić information content (AvgIpc) is 2.77. The molecule has 1 heterocycles. The average molecular weight is 319 g/mol. The Morgan fingerprint density at radius 1 is 1.42 bits per heavy atom. The van der Waals surface area contributed by atoms with Crippen molar-refractivity contribution in [3.63, 3.8) is 0 Å². The van der Waals surface area contributed by atoms with Crippen LogP contribution in [0.15, 0.2) is 18.2 Å². The van der Waals surface area contributed by atoms with Crippen LogP contribution in [0.1, 0.15) is 30.2 Å². The molecule has 0 fully saturated rings. The van der Waals surface area contributed by atoms with E-state index in [4.69, 9.17) is 0 Å². The fourth-order valence-corrected chi connectivity index (χ4v) is 2.51. The Balaban J connectivity index is 2.44. The number of rotatable bonds is 5. The van der Waals surface area contributed by atoms with Crippen LogP contribution in [0.2, 0.25) is 0 Å².